The summed E-state index contributed by atoms with van der Waals surface area (Å²) in [6.07, 6.45) is -16.4. The van der Waals surface area contributed by atoms with E-state index < -0.39 is 123 Å². The van der Waals surface area contributed by atoms with Crippen molar-refractivity contribution < 1.29 is 94.4 Å². The van der Waals surface area contributed by atoms with E-state index in [2.05, 4.69) is 20.8 Å². The molecule has 4 heterocycles. The fourth-order valence-electron chi connectivity index (χ4n) is 14.1. The van der Waals surface area contributed by atoms with Gasteiger partial charge in [-0.3, -0.25) is 0 Å². The minimum Gasteiger partial charge on any atom is -0.394 e. The Labute approximate surface area is 374 Å². The van der Waals surface area contributed by atoms with Gasteiger partial charge in [-0.05, 0) is 105 Å². The number of hydrogen-bond donors (Lipinski definition) is 12. The zero-order chi connectivity index (χ0) is 46.4. The average molecular weight is 921 g/mol. The molecule has 0 radical (unpaired) electrons. The Morgan fingerprint density at radius 2 is 1.31 bits per heavy atom. The van der Waals surface area contributed by atoms with Crippen LogP contribution in [0.1, 0.15) is 92.4 Å². The lowest BCUT2D eigenvalue weighted by Gasteiger charge is -2.62. The molecule has 64 heavy (non-hydrogen) atoms. The Morgan fingerprint density at radius 3 is 2.00 bits per heavy atom. The number of fused-ring (bicyclic) bond motifs is 7. The van der Waals surface area contributed by atoms with Crippen LogP contribution in [0.3, 0.4) is 0 Å². The van der Waals surface area contributed by atoms with Gasteiger partial charge < -0.3 is 94.4 Å². The molecule has 4 aliphatic heterocycles. The van der Waals surface area contributed by atoms with E-state index in [1.165, 1.54) is 6.92 Å². The number of aliphatic hydroxyl groups excluding tert-OH is 11. The van der Waals surface area contributed by atoms with Crippen molar-refractivity contribution in [1.29, 1.82) is 0 Å². The standard InChI is InChI=1S/C45H76O19/c1-18(17-58-40-37(55)35(53)32(50)28(15-46)61-40)8-11-45(57)19(2)30-27(64-45)13-24-22-7-6-21-12-26(25(48)14-44(21,5)23(22)9-10-43(24,30)4)60-42-39(36(54)33(51)29(16-47)62-42)63-41-38(56)34(52)31(49)20(3)59-41/h18-42,46-57H,6-17H2,1-5H3/t18?,19?,20-,21?,22?,23?,24?,25?,26?,27?,28+,29+,30?,31-,32+,33+,34+,35-,36-,37+,38+,39+,40+,41-,42+,43?,44?,45?/m0/s1. The van der Waals surface area contributed by atoms with Crippen LogP contribution in [0.15, 0.2) is 0 Å². The molecule has 19 nitrogen and oxygen atoms in total. The minimum atomic E-state index is -1.70. The second-order valence-corrected chi connectivity index (χ2v) is 21.6. The number of hydrogen-bond acceptors (Lipinski definition) is 19. The van der Waals surface area contributed by atoms with Crippen molar-refractivity contribution in [1.82, 2.24) is 0 Å². The average Bonchev–Trinajstić information content (AvgIpc) is 3.70. The molecule has 28 atom stereocenters. The largest absolute Gasteiger partial charge is 0.394 e. The molecule has 0 aromatic carbocycles. The molecule has 0 spiro atoms. The first-order chi connectivity index (χ1) is 30.2. The molecular formula is C45H76O19. The highest BCUT2D eigenvalue weighted by Crippen LogP contribution is 2.71. The van der Waals surface area contributed by atoms with Crippen molar-refractivity contribution in [2.24, 2.45) is 52.3 Å². The van der Waals surface area contributed by atoms with Crippen LogP contribution in [0.2, 0.25) is 0 Å². The molecule has 0 bridgehead atoms. The number of ether oxygens (including phenoxy) is 7. The lowest BCUT2D eigenvalue weighted by atomic mass is 9.44. The van der Waals surface area contributed by atoms with E-state index >= 15 is 0 Å². The molecule has 4 saturated heterocycles. The third kappa shape index (κ3) is 8.55. The SMILES string of the molecule is CC(CCC1(O)OC2CC3C4CCC5CC(O[C@@H]6O[C@H](CO)[C@@H](O)[C@H](O)[C@H]6O[C@@H]6O[C@@H](C)[C@H](O)[C@@H](O)[C@H]6O)C(O)CC5(C)C4CCC3(C)C2C1C)CO[C@@H]1O[C@H](CO)[C@@H](O)[C@H](O)[C@H]1O. The lowest BCUT2D eigenvalue weighted by molar-refractivity contribution is -0.374. The maximum absolute atomic E-state index is 12.1. The van der Waals surface area contributed by atoms with Gasteiger partial charge in [0, 0.05) is 12.3 Å². The first-order valence-electron chi connectivity index (χ1n) is 23.8. The molecule has 8 fully saturated rings. The molecule has 370 valence electrons. The predicted molar refractivity (Wildman–Crippen MR) is 219 cm³/mol. The highest BCUT2D eigenvalue weighted by molar-refractivity contribution is 5.15. The molecule has 8 aliphatic rings. The Morgan fingerprint density at radius 1 is 0.672 bits per heavy atom. The van der Waals surface area contributed by atoms with Crippen LogP contribution < -0.4 is 0 Å². The van der Waals surface area contributed by atoms with Gasteiger partial charge in [-0.1, -0.05) is 27.7 Å². The van der Waals surface area contributed by atoms with Crippen molar-refractivity contribution in [3.05, 3.63) is 0 Å². The van der Waals surface area contributed by atoms with Gasteiger partial charge in [0.05, 0.1) is 44.2 Å². The first-order valence-corrected chi connectivity index (χ1v) is 23.8. The molecule has 12 N–H and O–H groups in total. The van der Waals surface area contributed by atoms with E-state index in [4.69, 9.17) is 33.2 Å². The van der Waals surface area contributed by atoms with Crippen LogP contribution >= 0.6 is 0 Å². The maximum Gasteiger partial charge on any atom is 0.187 e. The van der Waals surface area contributed by atoms with Gasteiger partial charge in [0.2, 0.25) is 0 Å². The fraction of sp³-hybridized carbons (Fsp3) is 1.00. The lowest BCUT2D eigenvalue weighted by Crippen LogP contribution is -2.65. The Balaban J connectivity index is 0.883. The zero-order valence-corrected chi connectivity index (χ0v) is 37.6. The summed E-state index contributed by atoms with van der Waals surface area (Å²) in [7, 11) is 0. The summed E-state index contributed by atoms with van der Waals surface area (Å²) >= 11 is 0. The van der Waals surface area contributed by atoms with E-state index in [-0.39, 0.29) is 47.2 Å². The molecule has 0 aromatic heterocycles. The quantitative estimate of drug-likeness (QED) is 0.0964. The van der Waals surface area contributed by atoms with Gasteiger partial charge in [0.1, 0.15) is 67.1 Å². The second kappa shape index (κ2) is 18.9. The Hall–Kier alpha value is -0.760. The topological polar surface area (TPSA) is 307 Å². The summed E-state index contributed by atoms with van der Waals surface area (Å²) in [5.74, 6) is -0.0681. The number of aliphatic hydroxyl groups is 12. The van der Waals surface area contributed by atoms with Gasteiger partial charge in [-0.15, -0.1) is 0 Å². The highest BCUT2D eigenvalue weighted by atomic mass is 16.8. The summed E-state index contributed by atoms with van der Waals surface area (Å²) in [5, 5.41) is 127. The van der Waals surface area contributed by atoms with Crippen LogP contribution in [0.4, 0.5) is 0 Å². The molecule has 0 amide bonds. The summed E-state index contributed by atoms with van der Waals surface area (Å²) in [4.78, 5) is 0. The Kier molecular flexibility index (Phi) is 14.6. The van der Waals surface area contributed by atoms with Crippen LogP contribution in [-0.2, 0) is 33.2 Å². The van der Waals surface area contributed by atoms with Crippen molar-refractivity contribution in [2.75, 3.05) is 19.8 Å². The third-order valence-corrected chi connectivity index (χ3v) is 18.0. The van der Waals surface area contributed by atoms with Gasteiger partial charge in [0.15, 0.2) is 24.7 Å². The van der Waals surface area contributed by atoms with Gasteiger partial charge >= 0.3 is 0 Å². The molecular weight excluding hydrogens is 844 g/mol. The fourth-order valence-corrected chi connectivity index (χ4v) is 14.1. The smallest absolute Gasteiger partial charge is 0.187 e. The third-order valence-electron chi connectivity index (χ3n) is 18.0. The van der Waals surface area contributed by atoms with Crippen molar-refractivity contribution in [3.63, 3.8) is 0 Å². The molecule has 8 rings (SSSR count). The number of rotatable bonds is 12. The van der Waals surface area contributed by atoms with Crippen molar-refractivity contribution in [2.45, 2.75) is 209 Å². The van der Waals surface area contributed by atoms with E-state index in [0.717, 1.165) is 32.1 Å². The van der Waals surface area contributed by atoms with Crippen LogP contribution in [0.5, 0.6) is 0 Å². The van der Waals surface area contributed by atoms with Crippen molar-refractivity contribution in [3.8, 4) is 0 Å². The molecule has 4 saturated carbocycles. The molecule has 0 aromatic rings. The molecule has 4 aliphatic carbocycles. The zero-order valence-electron chi connectivity index (χ0n) is 37.6. The first kappa shape index (κ1) is 49.7. The predicted octanol–water partition coefficient (Wildman–Crippen LogP) is -1.78. The van der Waals surface area contributed by atoms with E-state index in [9.17, 15) is 61.3 Å². The highest BCUT2D eigenvalue weighted by Gasteiger charge is 2.69. The summed E-state index contributed by atoms with van der Waals surface area (Å²) in [6, 6.07) is 0. The van der Waals surface area contributed by atoms with E-state index in [1.807, 2.05) is 6.92 Å². The minimum absolute atomic E-state index is 0.0563. The molecule has 19 heteroatoms. The van der Waals surface area contributed by atoms with Crippen LogP contribution in [0.25, 0.3) is 0 Å². The van der Waals surface area contributed by atoms with E-state index in [1.54, 1.807) is 0 Å². The van der Waals surface area contributed by atoms with Crippen molar-refractivity contribution >= 4 is 0 Å². The molecule has 13 unspecified atom stereocenters. The second-order valence-electron chi connectivity index (χ2n) is 21.6. The monoisotopic (exact) mass is 920 g/mol. The van der Waals surface area contributed by atoms with Crippen LogP contribution in [-0.4, -0.2) is 197 Å². The van der Waals surface area contributed by atoms with Crippen LogP contribution in [0, 0.1) is 52.3 Å². The summed E-state index contributed by atoms with van der Waals surface area (Å²) in [5.41, 5.74) is -0.263. The normalized spacial score (nSPS) is 56.8. The Bertz CT molecular complexity index is 1580. The summed E-state index contributed by atoms with van der Waals surface area (Å²) in [6.45, 7) is 9.19. The maximum atomic E-state index is 12.1. The summed E-state index contributed by atoms with van der Waals surface area (Å²) < 4.78 is 41.9. The van der Waals surface area contributed by atoms with Gasteiger partial charge in [-0.2, -0.15) is 0 Å². The van der Waals surface area contributed by atoms with Gasteiger partial charge in [-0.25, -0.2) is 0 Å². The van der Waals surface area contributed by atoms with Gasteiger partial charge in [0.25, 0.3) is 0 Å². The van der Waals surface area contributed by atoms with E-state index in [0.29, 0.717) is 43.4 Å².